The first-order valence-electron chi connectivity index (χ1n) is 4.30. The average molecular weight is 352 g/mol. The molecule has 0 saturated heterocycles. The zero-order chi connectivity index (χ0) is 9.97. The summed E-state index contributed by atoms with van der Waals surface area (Å²) in [4.78, 5) is 0. The minimum absolute atomic E-state index is 0. The molecular formula is C11H11ClINS. The lowest BCUT2D eigenvalue weighted by Crippen LogP contribution is -2.10. The SMILES string of the molecule is Cl.N[C@@H](c1ccc(I)cc1)c1ccsc1. The summed E-state index contributed by atoms with van der Waals surface area (Å²) in [7, 11) is 0. The summed E-state index contributed by atoms with van der Waals surface area (Å²) in [6, 6.07) is 10.4. The van der Waals surface area contributed by atoms with Gasteiger partial charge in [-0.25, -0.2) is 0 Å². The molecule has 1 nitrogen and oxygen atoms in total. The van der Waals surface area contributed by atoms with Crippen LogP contribution < -0.4 is 5.73 Å². The molecule has 1 atom stereocenters. The zero-order valence-electron chi connectivity index (χ0n) is 7.89. The molecule has 0 unspecified atom stereocenters. The summed E-state index contributed by atoms with van der Waals surface area (Å²) in [6.45, 7) is 0. The van der Waals surface area contributed by atoms with Crippen LogP contribution >= 0.6 is 46.3 Å². The topological polar surface area (TPSA) is 26.0 Å². The van der Waals surface area contributed by atoms with Crippen LogP contribution in [-0.2, 0) is 0 Å². The maximum absolute atomic E-state index is 6.12. The van der Waals surface area contributed by atoms with Gasteiger partial charge in [-0.1, -0.05) is 12.1 Å². The van der Waals surface area contributed by atoms with Crippen LogP contribution in [-0.4, -0.2) is 0 Å². The third-order valence-corrected chi connectivity index (χ3v) is 3.55. The number of nitrogens with two attached hydrogens (primary N) is 1. The van der Waals surface area contributed by atoms with E-state index in [-0.39, 0.29) is 18.4 Å². The van der Waals surface area contributed by atoms with Crippen molar-refractivity contribution in [3.63, 3.8) is 0 Å². The van der Waals surface area contributed by atoms with Crippen molar-refractivity contribution in [2.75, 3.05) is 0 Å². The molecule has 0 aliphatic carbocycles. The Morgan fingerprint density at radius 1 is 1.07 bits per heavy atom. The van der Waals surface area contributed by atoms with Crippen LogP contribution in [0.2, 0.25) is 0 Å². The maximum atomic E-state index is 6.12. The predicted octanol–water partition coefficient (Wildman–Crippen LogP) is 3.82. The molecule has 0 fully saturated rings. The lowest BCUT2D eigenvalue weighted by molar-refractivity contribution is 0.876. The number of hydrogen-bond donors (Lipinski definition) is 1. The monoisotopic (exact) mass is 351 g/mol. The Bertz CT molecular complexity index is 399. The highest BCUT2D eigenvalue weighted by molar-refractivity contribution is 14.1. The van der Waals surface area contributed by atoms with Gasteiger partial charge in [-0.3, -0.25) is 0 Å². The molecule has 2 aromatic rings. The largest absolute Gasteiger partial charge is 0.320 e. The second kappa shape index (κ2) is 5.84. The van der Waals surface area contributed by atoms with Crippen LogP contribution in [0.1, 0.15) is 17.2 Å². The number of halogens is 2. The van der Waals surface area contributed by atoms with Gasteiger partial charge in [0.1, 0.15) is 0 Å². The summed E-state index contributed by atoms with van der Waals surface area (Å²) in [5.41, 5.74) is 8.48. The highest BCUT2D eigenvalue weighted by atomic mass is 127. The third kappa shape index (κ3) is 3.17. The van der Waals surface area contributed by atoms with Crippen molar-refractivity contribution in [2.24, 2.45) is 5.73 Å². The van der Waals surface area contributed by atoms with Gasteiger partial charge in [-0.05, 0) is 62.7 Å². The number of rotatable bonds is 2. The van der Waals surface area contributed by atoms with E-state index in [2.05, 4.69) is 63.7 Å². The Morgan fingerprint density at radius 2 is 1.73 bits per heavy atom. The number of benzene rings is 1. The van der Waals surface area contributed by atoms with Crippen molar-refractivity contribution >= 4 is 46.3 Å². The van der Waals surface area contributed by atoms with Crippen LogP contribution in [0.15, 0.2) is 41.1 Å². The Kier molecular flexibility index (Phi) is 5.05. The Balaban J connectivity index is 0.00000112. The molecule has 0 bridgehead atoms. The first kappa shape index (κ1) is 13.0. The lowest BCUT2D eigenvalue weighted by atomic mass is 10.0. The molecule has 2 rings (SSSR count). The molecule has 2 N–H and O–H groups in total. The summed E-state index contributed by atoms with van der Waals surface area (Å²) < 4.78 is 1.24. The molecule has 1 aromatic carbocycles. The van der Waals surface area contributed by atoms with Crippen molar-refractivity contribution in [1.82, 2.24) is 0 Å². The quantitative estimate of drug-likeness (QED) is 0.818. The second-order valence-corrected chi connectivity index (χ2v) is 5.11. The smallest absolute Gasteiger partial charge is 0.0559 e. The van der Waals surface area contributed by atoms with Crippen LogP contribution in [0.4, 0.5) is 0 Å². The fourth-order valence-corrected chi connectivity index (χ4v) is 2.37. The minimum atomic E-state index is 0. The van der Waals surface area contributed by atoms with E-state index in [0.717, 1.165) is 0 Å². The molecular weight excluding hydrogens is 341 g/mol. The van der Waals surface area contributed by atoms with E-state index in [4.69, 9.17) is 5.73 Å². The molecule has 1 aromatic heterocycles. The van der Waals surface area contributed by atoms with E-state index < -0.39 is 0 Å². The molecule has 0 radical (unpaired) electrons. The van der Waals surface area contributed by atoms with Gasteiger partial charge in [0.05, 0.1) is 6.04 Å². The molecule has 0 spiro atoms. The van der Waals surface area contributed by atoms with E-state index in [1.807, 2.05) is 0 Å². The second-order valence-electron chi connectivity index (χ2n) is 3.09. The summed E-state index contributed by atoms with van der Waals surface area (Å²) in [5, 5.41) is 4.16. The van der Waals surface area contributed by atoms with E-state index in [1.165, 1.54) is 14.7 Å². The molecule has 0 aliphatic rings. The molecule has 1 heterocycles. The predicted molar refractivity (Wildman–Crippen MR) is 76.8 cm³/mol. The fourth-order valence-electron chi connectivity index (χ4n) is 1.31. The van der Waals surface area contributed by atoms with Crippen LogP contribution in [0, 0.1) is 3.57 Å². The summed E-state index contributed by atoms with van der Waals surface area (Å²) >= 11 is 3.98. The van der Waals surface area contributed by atoms with Gasteiger partial charge in [0, 0.05) is 3.57 Å². The van der Waals surface area contributed by atoms with E-state index >= 15 is 0 Å². The van der Waals surface area contributed by atoms with Crippen LogP contribution in [0.3, 0.4) is 0 Å². The van der Waals surface area contributed by atoms with Gasteiger partial charge in [0.25, 0.3) is 0 Å². The van der Waals surface area contributed by atoms with Crippen molar-refractivity contribution < 1.29 is 0 Å². The molecule has 4 heteroatoms. The van der Waals surface area contributed by atoms with Gasteiger partial charge < -0.3 is 5.73 Å². The summed E-state index contributed by atoms with van der Waals surface area (Å²) in [6.07, 6.45) is 0. The van der Waals surface area contributed by atoms with Gasteiger partial charge in [-0.2, -0.15) is 11.3 Å². The molecule has 0 aliphatic heterocycles. The average Bonchev–Trinajstić information content (AvgIpc) is 2.71. The van der Waals surface area contributed by atoms with E-state index in [0.29, 0.717) is 0 Å². The minimum Gasteiger partial charge on any atom is -0.320 e. The summed E-state index contributed by atoms with van der Waals surface area (Å²) in [5.74, 6) is 0. The normalized spacial score (nSPS) is 11.9. The van der Waals surface area contributed by atoms with Crippen molar-refractivity contribution in [3.8, 4) is 0 Å². The number of thiophene rings is 1. The van der Waals surface area contributed by atoms with Gasteiger partial charge in [0.15, 0.2) is 0 Å². The van der Waals surface area contributed by atoms with Crippen molar-refractivity contribution in [2.45, 2.75) is 6.04 Å². The number of hydrogen-bond acceptors (Lipinski definition) is 2. The first-order valence-corrected chi connectivity index (χ1v) is 6.32. The van der Waals surface area contributed by atoms with E-state index in [1.54, 1.807) is 11.3 Å². The molecule has 80 valence electrons. The Labute approximate surface area is 113 Å². The highest BCUT2D eigenvalue weighted by Crippen LogP contribution is 2.22. The van der Waals surface area contributed by atoms with Crippen LogP contribution in [0.5, 0.6) is 0 Å². The van der Waals surface area contributed by atoms with Crippen LogP contribution in [0.25, 0.3) is 0 Å². The van der Waals surface area contributed by atoms with Gasteiger partial charge in [-0.15, -0.1) is 12.4 Å². The Hall–Kier alpha value is -0.100. The highest BCUT2D eigenvalue weighted by Gasteiger charge is 2.08. The molecule has 0 amide bonds. The van der Waals surface area contributed by atoms with E-state index in [9.17, 15) is 0 Å². The Morgan fingerprint density at radius 3 is 2.27 bits per heavy atom. The van der Waals surface area contributed by atoms with Crippen molar-refractivity contribution in [3.05, 3.63) is 55.8 Å². The van der Waals surface area contributed by atoms with Gasteiger partial charge in [0.2, 0.25) is 0 Å². The zero-order valence-corrected chi connectivity index (χ0v) is 11.7. The van der Waals surface area contributed by atoms with Crippen molar-refractivity contribution in [1.29, 1.82) is 0 Å². The maximum Gasteiger partial charge on any atom is 0.0559 e. The molecule has 0 saturated carbocycles. The fraction of sp³-hybridized carbons (Fsp3) is 0.0909. The molecule has 15 heavy (non-hydrogen) atoms. The van der Waals surface area contributed by atoms with Gasteiger partial charge >= 0.3 is 0 Å². The third-order valence-electron chi connectivity index (χ3n) is 2.13. The standard InChI is InChI=1S/C11H10INS.ClH/c12-10-3-1-8(2-4-10)11(13)9-5-6-14-7-9;/h1-7,11H,13H2;1H/t11-;/m0./s1. The lowest BCUT2D eigenvalue weighted by Gasteiger charge is -2.09. The first-order chi connectivity index (χ1) is 6.77.